The molecule has 1 atom stereocenters. The lowest BCUT2D eigenvalue weighted by Gasteiger charge is -2.38. The van der Waals surface area contributed by atoms with Gasteiger partial charge in [-0.15, -0.1) is 0 Å². The molecule has 1 saturated heterocycles. The van der Waals surface area contributed by atoms with Crippen LogP contribution in [0.5, 0.6) is 5.75 Å². The quantitative estimate of drug-likeness (QED) is 0.418. The highest BCUT2D eigenvalue weighted by molar-refractivity contribution is 5.80. The predicted molar refractivity (Wildman–Crippen MR) is 121 cm³/mol. The lowest BCUT2D eigenvalue weighted by atomic mass is 9.90. The molecule has 0 aliphatic carbocycles. The molecule has 29 heavy (non-hydrogen) atoms. The number of nitrogens with one attached hydrogen (secondary N) is 2. The van der Waals surface area contributed by atoms with Crippen molar-refractivity contribution in [2.75, 3.05) is 52.9 Å². The van der Waals surface area contributed by atoms with Gasteiger partial charge in [-0.05, 0) is 53.3 Å². The van der Waals surface area contributed by atoms with Crippen LogP contribution in [0.25, 0.3) is 0 Å². The predicted octanol–water partition coefficient (Wildman–Crippen LogP) is 2.87. The van der Waals surface area contributed by atoms with Crippen molar-refractivity contribution in [2.45, 2.75) is 51.7 Å². The van der Waals surface area contributed by atoms with E-state index in [1.165, 1.54) is 44.7 Å². The summed E-state index contributed by atoms with van der Waals surface area (Å²) in [5, 5.41) is 7.07. The Morgan fingerprint density at radius 2 is 1.93 bits per heavy atom. The second kappa shape index (κ2) is 10.3. The second-order valence-corrected chi connectivity index (χ2v) is 8.91. The summed E-state index contributed by atoms with van der Waals surface area (Å²) in [6.07, 6.45) is 3.25. The van der Waals surface area contributed by atoms with Gasteiger partial charge in [0.1, 0.15) is 11.4 Å². The molecule has 0 aromatic heterocycles. The van der Waals surface area contributed by atoms with Crippen molar-refractivity contribution < 1.29 is 4.74 Å². The minimum absolute atomic E-state index is 0.189. The zero-order chi connectivity index (χ0) is 20.7. The van der Waals surface area contributed by atoms with Gasteiger partial charge in [-0.1, -0.05) is 18.2 Å². The Balaban J connectivity index is 1.51. The van der Waals surface area contributed by atoms with Gasteiger partial charge >= 0.3 is 0 Å². The summed E-state index contributed by atoms with van der Waals surface area (Å²) >= 11 is 0. The Morgan fingerprint density at radius 1 is 1.17 bits per heavy atom. The third-order valence-corrected chi connectivity index (χ3v) is 5.78. The van der Waals surface area contributed by atoms with Crippen LogP contribution in [0.2, 0.25) is 0 Å². The first-order chi connectivity index (χ1) is 14.0. The third kappa shape index (κ3) is 6.61. The lowest BCUT2D eigenvalue weighted by molar-refractivity contribution is 0.0694. The molecule has 0 saturated carbocycles. The molecule has 6 heteroatoms. The molecule has 1 aromatic carbocycles. The molecule has 2 aliphatic heterocycles. The van der Waals surface area contributed by atoms with Crippen molar-refractivity contribution in [1.82, 2.24) is 20.4 Å². The fourth-order valence-corrected chi connectivity index (χ4v) is 4.13. The van der Waals surface area contributed by atoms with E-state index in [1.54, 1.807) is 0 Å². The molecule has 2 aliphatic rings. The van der Waals surface area contributed by atoms with E-state index in [1.807, 2.05) is 6.07 Å². The highest BCUT2D eigenvalue weighted by Crippen LogP contribution is 2.39. The number of hydrogen-bond donors (Lipinski definition) is 2. The van der Waals surface area contributed by atoms with Crippen LogP contribution in [0.15, 0.2) is 29.3 Å². The maximum absolute atomic E-state index is 6.16. The molecule has 0 amide bonds. The molecule has 2 heterocycles. The van der Waals surface area contributed by atoms with Crippen molar-refractivity contribution in [3.8, 4) is 5.75 Å². The number of para-hydroxylation sites is 1. The molecule has 0 radical (unpaired) electrons. The van der Waals surface area contributed by atoms with Gasteiger partial charge in [0.2, 0.25) is 0 Å². The Bertz CT molecular complexity index is 667. The third-order valence-electron chi connectivity index (χ3n) is 5.78. The number of piperazine rings is 1. The molecule has 0 bridgehead atoms. The number of guanidine groups is 1. The van der Waals surface area contributed by atoms with Gasteiger partial charge in [-0.2, -0.15) is 0 Å². The summed E-state index contributed by atoms with van der Waals surface area (Å²) in [5.74, 6) is 1.88. The summed E-state index contributed by atoms with van der Waals surface area (Å²) < 4.78 is 6.16. The smallest absolute Gasteiger partial charge is 0.191 e. The fraction of sp³-hybridized carbons (Fsp3) is 0.696. The first kappa shape index (κ1) is 21.9. The highest BCUT2D eigenvalue weighted by atomic mass is 16.5. The van der Waals surface area contributed by atoms with E-state index in [4.69, 9.17) is 9.73 Å². The van der Waals surface area contributed by atoms with E-state index >= 15 is 0 Å². The van der Waals surface area contributed by atoms with Crippen LogP contribution in [-0.4, -0.2) is 74.2 Å². The number of benzene rings is 1. The maximum Gasteiger partial charge on any atom is 0.191 e. The van der Waals surface area contributed by atoms with Crippen LogP contribution < -0.4 is 15.4 Å². The number of rotatable bonds is 7. The zero-order valence-corrected chi connectivity index (χ0v) is 18.7. The Kier molecular flexibility index (Phi) is 7.78. The Morgan fingerprint density at radius 3 is 2.69 bits per heavy atom. The van der Waals surface area contributed by atoms with Crippen LogP contribution in [0, 0.1) is 0 Å². The molecule has 162 valence electrons. The fourth-order valence-electron chi connectivity index (χ4n) is 4.13. The number of ether oxygens (including phenoxy) is 1. The number of fused-ring (bicyclic) bond motifs is 1. The van der Waals surface area contributed by atoms with Gasteiger partial charge in [0.25, 0.3) is 0 Å². The van der Waals surface area contributed by atoms with Crippen LogP contribution in [-0.2, 0) is 0 Å². The first-order valence-corrected chi connectivity index (χ1v) is 11.2. The Hall–Kier alpha value is -1.79. The summed E-state index contributed by atoms with van der Waals surface area (Å²) in [6.45, 7) is 14.1. The van der Waals surface area contributed by atoms with E-state index in [2.05, 4.69) is 66.5 Å². The SMILES string of the molecule is CCNC(=NCCCCN1CCN(C)CC1)NC1CC(C)(C)Oc2ccccc21. The summed E-state index contributed by atoms with van der Waals surface area (Å²) in [7, 11) is 2.21. The molecule has 1 aromatic rings. The first-order valence-electron chi connectivity index (χ1n) is 11.2. The molecular weight excluding hydrogens is 362 g/mol. The molecule has 1 unspecified atom stereocenters. The lowest BCUT2D eigenvalue weighted by Crippen LogP contribution is -2.45. The molecular formula is C23H39N5O. The minimum atomic E-state index is -0.189. The summed E-state index contributed by atoms with van der Waals surface area (Å²) in [6, 6.07) is 8.54. The van der Waals surface area contributed by atoms with Crippen LogP contribution in [0.1, 0.15) is 51.6 Å². The van der Waals surface area contributed by atoms with Crippen molar-refractivity contribution >= 4 is 5.96 Å². The van der Waals surface area contributed by atoms with Gasteiger partial charge in [0.05, 0.1) is 6.04 Å². The number of likely N-dealkylation sites (N-methyl/N-ethyl adjacent to an activating group) is 1. The van der Waals surface area contributed by atoms with Crippen molar-refractivity contribution in [2.24, 2.45) is 4.99 Å². The average Bonchev–Trinajstić information content (AvgIpc) is 2.68. The second-order valence-electron chi connectivity index (χ2n) is 8.91. The summed E-state index contributed by atoms with van der Waals surface area (Å²) in [4.78, 5) is 9.84. The largest absolute Gasteiger partial charge is 0.487 e. The maximum atomic E-state index is 6.16. The highest BCUT2D eigenvalue weighted by Gasteiger charge is 2.33. The number of unbranched alkanes of at least 4 members (excludes halogenated alkanes) is 1. The van der Waals surface area contributed by atoms with Gasteiger partial charge in [-0.3, -0.25) is 4.99 Å². The summed E-state index contributed by atoms with van der Waals surface area (Å²) in [5.41, 5.74) is 1.03. The standard InChI is InChI=1S/C23H39N5O/c1-5-24-22(25-12-8-9-13-28-16-14-27(4)15-17-28)26-20-18-23(2,3)29-21-11-7-6-10-19(20)21/h6-7,10-11,20H,5,8-9,12-18H2,1-4H3,(H2,24,25,26). The van der Waals surface area contributed by atoms with E-state index in [0.29, 0.717) is 0 Å². The Labute approximate surface area is 176 Å². The van der Waals surface area contributed by atoms with Crippen LogP contribution in [0.3, 0.4) is 0 Å². The topological polar surface area (TPSA) is 52.1 Å². The number of nitrogens with zero attached hydrogens (tertiary/aromatic N) is 3. The number of aliphatic imine (C=N–C) groups is 1. The normalized spacial score (nSPS) is 22.6. The van der Waals surface area contributed by atoms with Crippen molar-refractivity contribution in [3.05, 3.63) is 29.8 Å². The average molecular weight is 402 g/mol. The van der Waals surface area contributed by atoms with Gasteiger partial charge < -0.3 is 25.2 Å². The van der Waals surface area contributed by atoms with Crippen molar-refractivity contribution in [1.29, 1.82) is 0 Å². The van der Waals surface area contributed by atoms with Gasteiger partial charge in [0.15, 0.2) is 5.96 Å². The van der Waals surface area contributed by atoms with E-state index in [0.717, 1.165) is 37.6 Å². The van der Waals surface area contributed by atoms with Gasteiger partial charge in [-0.25, -0.2) is 0 Å². The molecule has 3 rings (SSSR count). The minimum Gasteiger partial charge on any atom is -0.487 e. The molecule has 0 spiro atoms. The van der Waals surface area contributed by atoms with E-state index < -0.39 is 0 Å². The van der Waals surface area contributed by atoms with Crippen molar-refractivity contribution in [3.63, 3.8) is 0 Å². The van der Waals surface area contributed by atoms with E-state index in [9.17, 15) is 0 Å². The van der Waals surface area contributed by atoms with Crippen LogP contribution in [0.4, 0.5) is 0 Å². The zero-order valence-electron chi connectivity index (χ0n) is 18.7. The molecule has 6 nitrogen and oxygen atoms in total. The monoisotopic (exact) mass is 401 g/mol. The van der Waals surface area contributed by atoms with Crippen LogP contribution >= 0.6 is 0 Å². The molecule has 1 fully saturated rings. The number of hydrogen-bond acceptors (Lipinski definition) is 4. The van der Waals surface area contributed by atoms with E-state index in [-0.39, 0.29) is 11.6 Å². The van der Waals surface area contributed by atoms with Gasteiger partial charge in [0, 0.05) is 51.3 Å². The molecule has 2 N–H and O–H groups in total.